The second-order valence-corrected chi connectivity index (χ2v) is 6.78. The predicted octanol–water partition coefficient (Wildman–Crippen LogP) is 3.06. The van der Waals surface area contributed by atoms with E-state index < -0.39 is 0 Å². The van der Waals surface area contributed by atoms with E-state index in [1.54, 1.807) is 6.08 Å². The van der Waals surface area contributed by atoms with Gasteiger partial charge in [0.05, 0.1) is 11.4 Å². The molecular formula is C21H28N4O. The highest BCUT2D eigenvalue weighted by molar-refractivity contribution is 5.92. The highest BCUT2D eigenvalue weighted by Gasteiger charge is 2.17. The number of likely N-dealkylation sites (N-methyl/N-ethyl adjacent to an activating group) is 1. The lowest BCUT2D eigenvalue weighted by Crippen LogP contribution is -2.34. The Bertz CT molecular complexity index is 779. The van der Waals surface area contributed by atoms with Gasteiger partial charge in [-0.15, -0.1) is 0 Å². The molecule has 26 heavy (non-hydrogen) atoms. The molecular weight excluding hydrogens is 324 g/mol. The summed E-state index contributed by atoms with van der Waals surface area (Å²) in [6, 6.07) is 10.1. The summed E-state index contributed by atoms with van der Waals surface area (Å²) in [6.45, 7) is 10.9. The third-order valence-electron chi connectivity index (χ3n) is 5.09. The summed E-state index contributed by atoms with van der Waals surface area (Å²) in [5.41, 5.74) is 4.03. The summed E-state index contributed by atoms with van der Waals surface area (Å²) in [4.78, 5) is 17.0. The lowest BCUT2D eigenvalue weighted by molar-refractivity contribution is -0.125. The van der Waals surface area contributed by atoms with Gasteiger partial charge in [0.15, 0.2) is 0 Å². The number of rotatable bonds is 4. The highest BCUT2D eigenvalue weighted by Crippen LogP contribution is 2.19. The number of aromatic nitrogens is 2. The van der Waals surface area contributed by atoms with Gasteiger partial charge in [-0.3, -0.25) is 4.79 Å². The maximum Gasteiger partial charge on any atom is 0.246 e. The normalized spacial score (nSPS) is 16.2. The molecule has 0 radical (unpaired) electrons. The minimum atomic E-state index is 0.0919. The van der Waals surface area contributed by atoms with Crippen molar-refractivity contribution in [2.24, 2.45) is 0 Å². The largest absolute Gasteiger partial charge is 0.338 e. The fraction of sp³-hybridized carbons (Fsp3) is 0.429. The van der Waals surface area contributed by atoms with Gasteiger partial charge in [0.25, 0.3) is 0 Å². The molecule has 5 nitrogen and oxygen atoms in total. The fourth-order valence-electron chi connectivity index (χ4n) is 3.48. The zero-order chi connectivity index (χ0) is 18.5. The molecule has 5 heteroatoms. The quantitative estimate of drug-likeness (QED) is 0.794. The van der Waals surface area contributed by atoms with Crippen LogP contribution in [0.15, 0.2) is 36.4 Å². The molecule has 1 saturated heterocycles. The van der Waals surface area contributed by atoms with Crippen LogP contribution in [0.5, 0.6) is 0 Å². The minimum absolute atomic E-state index is 0.0919. The summed E-state index contributed by atoms with van der Waals surface area (Å²) in [5.74, 6) is 0.0919. The van der Waals surface area contributed by atoms with Crippen LogP contribution >= 0.6 is 0 Å². The topological polar surface area (TPSA) is 41.4 Å². The second kappa shape index (κ2) is 8.32. The van der Waals surface area contributed by atoms with Crippen LogP contribution < -0.4 is 0 Å². The molecule has 1 aliphatic heterocycles. The molecule has 138 valence electrons. The summed E-state index contributed by atoms with van der Waals surface area (Å²) >= 11 is 0. The Balaban J connectivity index is 1.74. The van der Waals surface area contributed by atoms with Crippen LogP contribution in [0.4, 0.5) is 0 Å². The van der Waals surface area contributed by atoms with Crippen molar-refractivity contribution in [2.45, 2.75) is 27.2 Å². The molecule has 1 aromatic carbocycles. The van der Waals surface area contributed by atoms with Crippen LogP contribution in [-0.4, -0.2) is 58.2 Å². The van der Waals surface area contributed by atoms with Crippen LogP contribution in [0.3, 0.4) is 0 Å². The molecule has 0 atom stereocenters. The second-order valence-electron chi connectivity index (χ2n) is 6.78. The van der Waals surface area contributed by atoms with E-state index in [0.717, 1.165) is 61.8 Å². The maximum absolute atomic E-state index is 12.6. The number of amides is 1. The molecule has 0 spiro atoms. The molecule has 0 N–H and O–H groups in total. The van der Waals surface area contributed by atoms with E-state index in [1.165, 1.54) is 0 Å². The van der Waals surface area contributed by atoms with E-state index in [0.29, 0.717) is 0 Å². The Morgan fingerprint density at radius 2 is 1.88 bits per heavy atom. The number of nitrogens with zero attached hydrogens (tertiary/aromatic N) is 4. The molecule has 1 aliphatic rings. The van der Waals surface area contributed by atoms with E-state index in [2.05, 4.69) is 16.9 Å². The van der Waals surface area contributed by atoms with Crippen LogP contribution in [0, 0.1) is 13.8 Å². The van der Waals surface area contributed by atoms with E-state index >= 15 is 0 Å². The summed E-state index contributed by atoms with van der Waals surface area (Å²) < 4.78 is 1.94. The molecule has 0 saturated carbocycles. The monoisotopic (exact) mass is 352 g/mol. The number of aryl methyl sites for hydroxylation is 1. The SMILES string of the molecule is CCN1CCCN(C(=O)/C=C/c2c(C)nn(-c3ccccc3)c2C)CC1. The van der Waals surface area contributed by atoms with Crippen LogP contribution in [0.25, 0.3) is 11.8 Å². The van der Waals surface area contributed by atoms with Crippen molar-refractivity contribution in [3.63, 3.8) is 0 Å². The van der Waals surface area contributed by atoms with Crippen molar-refractivity contribution in [2.75, 3.05) is 32.7 Å². The van der Waals surface area contributed by atoms with E-state index in [4.69, 9.17) is 0 Å². The van der Waals surface area contributed by atoms with Gasteiger partial charge < -0.3 is 9.80 Å². The van der Waals surface area contributed by atoms with Crippen molar-refractivity contribution >= 4 is 12.0 Å². The molecule has 0 aliphatic carbocycles. The number of carbonyl (C=O) groups excluding carboxylic acids is 1. The zero-order valence-electron chi connectivity index (χ0n) is 16.0. The molecule has 3 rings (SSSR count). The third-order valence-corrected chi connectivity index (χ3v) is 5.09. The smallest absolute Gasteiger partial charge is 0.246 e. The summed E-state index contributed by atoms with van der Waals surface area (Å²) in [7, 11) is 0. The molecule has 0 bridgehead atoms. The first-order chi connectivity index (χ1) is 12.6. The first-order valence-corrected chi connectivity index (χ1v) is 9.41. The fourth-order valence-corrected chi connectivity index (χ4v) is 3.48. The molecule has 2 heterocycles. The van der Waals surface area contributed by atoms with Gasteiger partial charge in [-0.1, -0.05) is 25.1 Å². The Morgan fingerprint density at radius 3 is 2.62 bits per heavy atom. The van der Waals surface area contributed by atoms with Gasteiger partial charge in [-0.2, -0.15) is 5.10 Å². The minimum Gasteiger partial charge on any atom is -0.338 e. The van der Waals surface area contributed by atoms with E-state index in [1.807, 2.05) is 59.8 Å². The standard InChI is InChI=1S/C21H28N4O/c1-4-23-13-8-14-24(16-15-23)21(26)12-11-20-17(2)22-25(18(20)3)19-9-6-5-7-10-19/h5-7,9-12H,4,8,13-16H2,1-3H3/b12-11+. The van der Waals surface area contributed by atoms with Crippen LogP contribution in [0.1, 0.15) is 30.3 Å². The average molecular weight is 352 g/mol. The lowest BCUT2D eigenvalue weighted by Gasteiger charge is -2.19. The van der Waals surface area contributed by atoms with Gasteiger partial charge in [0, 0.05) is 37.0 Å². The molecule has 1 fully saturated rings. The molecule has 0 unspecified atom stereocenters. The van der Waals surface area contributed by atoms with Crippen molar-refractivity contribution in [3.05, 3.63) is 53.4 Å². The summed E-state index contributed by atoms with van der Waals surface area (Å²) in [6.07, 6.45) is 4.66. The molecule has 1 amide bonds. The zero-order valence-corrected chi connectivity index (χ0v) is 16.0. The maximum atomic E-state index is 12.6. The Hall–Kier alpha value is -2.40. The van der Waals surface area contributed by atoms with Crippen LogP contribution in [0.2, 0.25) is 0 Å². The first-order valence-electron chi connectivity index (χ1n) is 9.41. The van der Waals surface area contributed by atoms with E-state index in [9.17, 15) is 4.79 Å². The Kier molecular flexibility index (Phi) is 5.89. The van der Waals surface area contributed by atoms with Crippen molar-refractivity contribution in [3.8, 4) is 5.69 Å². The predicted molar refractivity (Wildman–Crippen MR) is 105 cm³/mol. The van der Waals surface area contributed by atoms with Gasteiger partial charge in [0.2, 0.25) is 5.91 Å². The highest BCUT2D eigenvalue weighted by atomic mass is 16.2. The number of hydrogen-bond donors (Lipinski definition) is 0. The molecule has 2 aromatic rings. The average Bonchev–Trinajstić information content (AvgIpc) is 2.83. The van der Waals surface area contributed by atoms with Crippen molar-refractivity contribution < 1.29 is 4.79 Å². The van der Waals surface area contributed by atoms with E-state index in [-0.39, 0.29) is 5.91 Å². The van der Waals surface area contributed by atoms with Crippen molar-refractivity contribution in [1.29, 1.82) is 0 Å². The number of carbonyl (C=O) groups is 1. The lowest BCUT2D eigenvalue weighted by atomic mass is 10.1. The molecule has 1 aromatic heterocycles. The first kappa shape index (κ1) is 18.4. The van der Waals surface area contributed by atoms with Gasteiger partial charge >= 0.3 is 0 Å². The Labute approximate surface area is 155 Å². The number of hydrogen-bond acceptors (Lipinski definition) is 3. The summed E-state index contributed by atoms with van der Waals surface area (Å²) in [5, 5.41) is 4.64. The van der Waals surface area contributed by atoms with Crippen LogP contribution in [-0.2, 0) is 4.79 Å². The number of benzene rings is 1. The Morgan fingerprint density at radius 1 is 1.12 bits per heavy atom. The van der Waals surface area contributed by atoms with Gasteiger partial charge in [0.1, 0.15) is 0 Å². The van der Waals surface area contributed by atoms with Gasteiger partial charge in [-0.25, -0.2) is 4.68 Å². The van der Waals surface area contributed by atoms with Crippen molar-refractivity contribution in [1.82, 2.24) is 19.6 Å². The van der Waals surface area contributed by atoms with Gasteiger partial charge in [-0.05, 0) is 51.6 Å². The third kappa shape index (κ3) is 4.05. The number of para-hydroxylation sites is 1.